The first-order valence-corrected chi connectivity index (χ1v) is 9.08. The van der Waals surface area contributed by atoms with Crippen LogP contribution in [0.5, 0.6) is 0 Å². The lowest BCUT2D eigenvalue weighted by Crippen LogP contribution is -2.50. The first-order chi connectivity index (χ1) is 13.1. The van der Waals surface area contributed by atoms with Gasteiger partial charge in [0.2, 0.25) is 0 Å². The molecule has 1 aromatic carbocycles. The summed E-state index contributed by atoms with van der Waals surface area (Å²) in [5, 5.41) is 2.50. The number of nitrogens with one attached hydrogen (secondary N) is 1. The fourth-order valence-electron chi connectivity index (χ4n) is 2.74. The van der Waals surface area contributed by atoms with Crippen LogP contribution in [0.1, 0.15) is 31.1 Å². The first kappa shape index (κ1) is 21.3. The predicted molar refractivity (Wildman–Crippen MR) is 105 cm³/mol. The maximum absolute atomic E-state index is 12.2. The highest BCUT2D eigenvalue weighted by molar-refractivity contribution is 5.97. The van der Waals surface area contributed by atoms with E-state index in [2.05, 4.69) is 10.1 Å². The number of methoxy groups -OCH3 is 1. The van der Waals surface area contributed by atoms with E-state index in [0.717, 1.165) is 5.69 Å². The number of nitrogens with zero attached hydrogens (tertiary/aromatic N) is 2. The molecule has 28 heavy (non-hydrogen) atoms. The number of carbonyl (C=O) groups excluding carboxylic acids is 3. The van der Waals surface area contributed by atoms with Gasteiger partial charge in [-0.05, 0) is 39.0 Å². The van der Waals surface area contributed by atoms with Crippen LogP contribution in [0.2, 0.25) is 0 Å². The molecule has 0 saturated carbocycles. The summed E-state index contributed by atoms with van der Waals surface area (Å²) in [5.74, 6) is -0.915. The molecule has 3 N–H and O–H groups in total. The van der Waals surface area contributed by atoms with Gasteiger partial charge in [-0.15, -0.1) is 0 Å². The number of benzene rings is 1. The van der Waals surface area contributed by atoms with E-state index in [1.54, 1.807) is 23.1 Å². The first-order valence-electron chi connectivity index (χ1n) is 9.08. The van der Waals surface area contributed by atoms with E-state index >= 15 is 0 Å². The number of esters is 1. The summed E-state index contributed by atoms with van der Waals surface area (Å²) < 4.78 is 9.91. The number of carbonyl (C=O) groups is 3. The van der Waals surface area contributed by atoms with E-state index in [1.807, 2.05) is 25.7 Å². The van der Waals surface area contributed by atoms with Gasteiger partial charge in [-0.2, -0.15) is 0 Å². The second-order valence-corrected chi connectivity index (χ2v) is 7.49. The minimum Gasteiger partial charge on any atom is -0.468 e. The highest BCUT2D eigenvalue weighted by Gasteiger charge is 2.26. The topological polar surface area (TPSA) is 114 Å². The van der Waals surface area contributed by atoms with Gasteiger partial charge in [-0.25, -0.2) is 4.79 Å². The van der Waals surface area contributed by atoms with Crippen LogP contribution in [0.3, 0.4) is 0 Å². The summed E-state index contributed by atoms with van der Waals surface area (Å²) in [7, 11) is 1.26. The molecule has 1 aliphatic heterocycles. The number of rotatable bonds is 4. The van der Waals surface area contributed by atoms with Crippen molar-refractivity contribution in [2.24, 2.45) is 0 Å². The molecule has 154 valence electrons. The van der Waals surface area contributed by atoms with Crippen molar-refractivity contribution in [3.05, 3.63) is 23.8 Å². The molecule has 2 amide bonds. The minimum absolute atomic E-state index is 0.205. The van der Waals surface area contributed by atoms with Crippen molar-refractivity contribution in [3.8, 4) is 0 Å². The second-order valence-electron chi connectivity index (χ2n) is 7.49. The average molecular weight is 392 g/mol. The van der Waals surface area contributed by atoms with E-state index < -0.39 is 11.6 Å². The Balaban J connectivity index is 2.01. The van der Waals surface area contributed by atoms with E-state index in [1.165, 1.54) is 7.11 Å². The smallest absolute Gasteiger partial charge is 0.410 e. The van der Waals surface area contributed by atoms with Crippen molar-refractivity contribution < 1.29 is 23.9 Å². The van der Waals surface area contributed by atoms with Crippen LogP contribution in [-0.2, 0) is 14.3 Å². The Kier molecular flexibility index (Phi) is 6.71. The van der Waals surface area contributed by atoms with Crippen LogP contribution in [0.15, 0.2) is 18.2 Å². The lowest BCUT2D eigenvalue weighted by atomic mass is 10.1. The van der Waals surface area contributed by atoms with Crippen molar-refractivity contribution >= 4 is 29.3 Å². The zero-order valence-electron chi connectivity index (χ0n) is 16.8. The summed E-state index contributed by atoms with van der Waals surface area (Å²) in [6.07, 6.45) is -0.337. The molecule has 1 aromatic rings. The Hall–Kier alpha value is -2.97. The van der Waals surface area contributed by atoms with E-state index in [9.17, 15) is 14.4 Å². The number of piperazine rings is 1. The summed E-state index contributed by atoms with van der Waals surface area (Å²) in [4.78, 5) is 39.3. The number of anilines is 2. The van der Waals surface area contributed by atoms with Crippen LogP contribution < -0.4 is 16.0 Å². The number of hydrogen-bond donors (Lipinski definition) is 2. The number of amides is 2. The second kappa shape index (κ2) is 8.81. The van der Waals surface area contributed by atoms with Crippen LogP contribution in [-0.4, -0.2) is 68.3 Å². The molecule has 0 unspecified atom stereocenters. The number of ether oxygens (including phenoxy) is 2. The lowest BCUT2D eigenvalue weighted by molar-refractivity contribution is -0.139. The van der Waals surface area contributed by atoms with Gasteiger partial charge in [-0.3, -0.25) is 9.59 Å². The number of nitrogens with two attached hydrogens (primary N) is 1. The van der Waals surface area contributed by atoms with Gasteiger partial charge in [-0.1, -0.05) is 0 Å². The van der Waals surface area contributed by atoms with Gasteiger partial charge in [0.25, 0.3) is 5.91 Å². The fourth-order valence-corrected chi connectivity index (χ4v) is 2.74. The Morgan fingerprint density at radius 3 is 2.36 bits per heavy atom. The molecule has 1 aliphatic rings. The third-order valence-corrected chi connectivity index (χ3v) is 4.19. The lowest BCUT2D eigenvalue weighted by Gasteiger charge is -2.37. The van der Waals surface area contributed by atoms with Gasteiger partial charge in [0.05, 0.1) is 18.5 Å². The highest BCUT2D eigenvalue weighted by atomic mass is 16.6. The zero-order chi connectivity index (χ0) is 20.9. The van der Waals surface area contributed by atoms with Crippen LogP contribution in [0, 0.1) is 0 Å². The van der Waals surface area contributed by atoms with E-state index in [4.69, 9.17) is 10.5 Å². The third-order valence-electron chi connectivity index (χ3n) is 4.19. The SMILES string of the molecule is COC(=O)CNC(=O)c1ccc(N)c(N2CCN(C(=O)OC(C)(C)C)CC2)c1. The molecular formula is C19H28N4O5. The summed E-state index contributed by atoms with van der Waals surface area (Å²) in [6.45, 7) is 7.41. The van der Waals surface area contributed by atoms with E-state index in [0.29, 0.717) is 37.4 Å². The molecule has 1 saturated heterocycles. The minimum atomic E-state index is -0.537. The normalized spacial score (nSPS) is 14.4. The van der Waals surface area contributed by atoms with Crippen molar-refractivity contribution in [3.63, 3.8) is 0 Å². The van der Waals surface area contributed by atoms with Gasteiger partial charge < -0.3 is 30.3 Å². The molecule has 0 spiro atoms. The summed E-state index contributed by atoms with van der Waals surface area (Å²) in [5.41, 5.74) is 7.20. The van der Waals surface area contributed by atoms with Crippen molar-refractivity contribution in [2.75, 3.05) is 50.5 Å². The van der Waals surface area contributed by atoms with E-state index in [-0.39, 0.29) is 18.5 Å². The molecule has 0 aromatic heterocycles. The molecule has 2 rings (SSSR count). The molecule has 9 nitrogen and oxygen atoms in total. The molecule has 0 atom stereocenters. The maximum Gasteiger partial charge on any atom is 0.410 e. The Labute approximate surface area is 164 Å². The molecule has 9 heteroatoms. The van der Waals surface area contributed by atoms with Crippen LogP contribution in [0.25, 0.3) is 0 Å². The quantitative estimate of drug-likeness (QED) is 0.585. The summed E-state index contributed by atoms with van der Waals surface area (Å²) >= 11 is 0. The monoisotopic (exact) mass is 392 g/mol. The molecule has 0 radical (unpaired) electrons. The Morgan fingerprint density at radius 1 is 1.14 bits per heavy atom. The third kappa shape index (κ3) is 5.77. The van der Waals surface area contributed by atoms with Crippen molar-refractivity contribution in [1.29, 1.82) is 0 Å². The molecule has 1 fully saturated rings. The number of hydrogen-bond acceptors (Lipinski definition) is 7. The van der Waals surface area contributed by atoms with Gasteiger partial charge in [0.1, 0.15) is 12.1 Å². The maximum atomic E-state index is 12.2. The molecule has 0 bridgehead atoms. The van der Waals surface area contributed by atoms with Crippen molar-refractivity contribution in [2.45, 2.75) is 26.4 Å². The van der Waals surface area contributed by atoms with Crippen LogP contribution in [0.4, 0.5) is 16.2 Å². The highest BCUT2D eigenvalue weighted by Crippen LogP contribution is 2.26. The van der Waals surface area contributed by atoms with Gasteiger partial charge >= 0.3 is 12.1 Å². The van der Waals surface area contributed by atoms with Gasteiger partial charge in [0, 0.05) is 31.7 Å². The number of nitrogen functional groups attached to an aromatic ring is 1. The zero-order valence-corrected chi connectivity index (χ0v) is 16.8. The Bertz CT molecular complexity index is 736. The Morgan fingerprint density at radius 2 is 1.79 bits per heavy atom. The van der Waals surface area contributed by atoms with Crippen LogP contribution >= 0.6 is 0 Å². The standard InChI is InChI=1S/C19H28N4O5/c1-19(2,3)28-18(26)23-9-7-22(8-10-23)15-11-13(5-6-14(15)20)17(25)21-12-16(24)27-4/h5-6,11H,7-10,12,20H2,1-4H3,(H,21,25). The molecule has 1 heterocycles. The fraction of sp³-hybridized carbons (Fsp3) is 0.526. The van der Waals surface area contributed by atoms with Gasteiger partial charge in [0.15, 0.2) is 0 Å². The summed E-state index contributed by atoms with van der Waals surface area (Å²) in [6, 6.07) is 4.94. The average Bonchev–Trinajstić information content (AvgIpc) is 2.65. The molecule has 0 aliphatic carbocycles. The largest absolute Gasteiger partial charge is 0.468 e. The van der Waals surface area contributed by atoms with Crippen molar-refractivity contribution in [1.82, 2.24) is 10.2 Å². The predicted octanol–water partition coefficient (Wildman–Crippen LogP) is 1.23. The molecular weight excluding hydrogens is 364 g/mol.